The zero-order chi connectivity index (χ0) is 28.3. The Bertz CT molecular complexity index is 1660. The number of ether oxygens (including phenoxy) is 1. The number of fused-ring (bicyclic) bond motifs is 1. The van der Waals surface area contributed by atoms with Gasteiger partial charge < -0.3 is 19.4 Å². The third-order valence-corrected chi connectivity index (χ3v) is 7.81. The largest absolute Gasteiger partial charge is 0.497 e. The molecule has 0 atom stereocenters. The quantitative estimate of drug-likeness (QED) is 0.223. The molecular formula is C33H31FN4O3. The van der Waals surface area contributed by atoms with Gasteiger partial charge in [-0.1, -0.05) is 31.4 Å². The molecular weight excluding hydrogens is 519 g/mol. The first-order chi connectivity index (χ1) is 20.0. The fourth-order valence-corrected chi connectivity index (χ4v) is 5.57. The van der Waals surface area contributed by atoms with Crippen LogP contribution in [0.15, 0.2) is 83.5 Å². The Morgan fingerprint density at radius 2 is 1.61 bits per heavy atom. The zero-order valence-electron chi connectivity index (χ0n) is 23.1. The van der Waals surface area contributed by atoms with E-state index in [9.17, 15) is 9.18 Å². The number of hydrogen-bond acceptors (Lipinski definition) is 6. The Labute approximate surface area is 238 Å². The van der Waals surface area contributed by atoms with Gasteiger partial charge in [-0.2, -0.15) is 0 Å². The Hall–Kier alpha value is -4.72. The lowest BCUT2D eigenvalue weighted by Crippen LogP contribution is -2.34. The van der Waals surface area contributed by atoms with Crippen molar-refractivity contribution in [2.24, 2.45) is 0 Å². The summed E-state index contributed by atoms with van der Waals surface area (Å²) >= 11 is 0. The summed E-state index contributed by atoms with van der Waals surface area (Å²) in [5, 5.41) is 3.74. The van der Waals surface area contributed by atoms with Gasteiger partial charge in [-0.15, -0.1) is 0 Å². The standard InChI is InChI=1S/C33H31FN4O3/c1-38(26-6-4-3-5-7-26)31-29-28(21-8-14-24(34)15-9-21)30(41-33(29)36-20-35-31)22-10-16-25(17-11-22)37-32(39)23-12-18-27(40-2)19-13-23/h8-20,26H,3-7H2,1-2H3,(H,37,39). The van der Waals surface area contributed by atoms with Crippen LogP contribution in [0, 0.1) is 5.82 Å². The first-order valence-corrected chi connectivity index (χ1v) is 13.8. The molecule has 2 heterocycles. The zero-order valence-corrected chi connectivity index (χ0v) is 23.1. The Morgan fingerprint density at radius 1 is 0.927 bits per heavy atom. The molecule has 1 saturated carbocycles. The summed E-state index contributed by atoms with van der Waals surface area (Å²) in [4.78, 5) is 24.2. The van der Waals surface area contributed by atoms with Gasteiger partial charge in [0.2, 0.25) is 5.71 Å². The van der Waals surface area contributed by atoms with E-state index in [1.807, 2.05) is 24.3 Å². The number of hydrogen-bond donors (Lipinski definition) is 1. The third kappa shape index (κ3) is 5.37. The van der Waals surface area contributed by atoms with Gasteiger partial charge >= 0.3 is 0 Å². The Balaban J connectivity index is 1.38. The van der Waals surface area contributed by atoms with Gasteiger partial charge in [0, 0.05) is 35.5 Å². The number of anilines is 2. The second kappa shape index (κ2) is 11.4. The number of benzene rings is 3. The molecule has 0 radical (unpaired) electrons. The molecule has 5 aromatic rings. The highest BCUT2D eigenvalue weighted by atomic mass is 19.1. The summed E-state index contributed by atoms with van der Waals surface area (Å²) in [6, 6.07) is 21.2. The van der Waals surface area contributed by atoms with Crippen LogP contribution in [0.5, 0.6) is 5.75 Å². The summed E-state index contributed by atoms with van der Waals surface area (Å²) in [5.74, 6) is 1.57. The van der Waals surface area contributed by atoms with Crippen molar-refractivity contribution in [3.05, 3.63) is 90.5 Å². The van der Waals surface area contributed by atoms with E-state index in [0.29, 0.717) is 34.5 Å². The van der Waals surface area contributed by atoms with E-state index in [-0.39, 0.29) is 11.7 Å². The lowest BCUT2D eigenvalue weighted by molar-refractivity contribution is 0.102. The van der Waals surface area contributed by atoms with Gasteiger partial charge in [-0.05, 0) is 79.1 Å². The lowest BCUT2D eigenvalue weighted by Gasteiger charge is -2.32. The van der Waals surface area contributed by atoms with Crippen LogP contribution in [-0.2, 0) is 0 Å². The van der Waals surface area contributed by atoms with Crippen LogP contribution in [-0.4, -0.2) is 36.1 Å². The van der Waals surface area contributed by atoms with Crippen LogP contribution in [0.2, 0.25) is 0 Å². The molecule has 3 aromatic carbocycles. The molecule has 208 valence electrons. The number of rotatable bonds is 7. The predicted octanol–water partition coefficient (Wildman–Crippen LogP) is 7.73. The minimum absolute atomic E-state index is 0.221. The molecule has 41 heavy (non-hydrogen) atoms. The number of aromatic nitrogens is 2. The molecule has 1 aliphatic rings. The number of furan rings is 1. The van der Waals surface area contributed by atoms with Crippen molar-refractivity contribution in [2.75, 3.05) is 24.4 Å². The van der Waals surface area contributed by atoms with Crippen LogP contribution in [0.4, 0.5) is 15.9 Å². The summed E-state index contributed by atoms with van der Waals surface area (Å²) in [6.45, 7) is 0. The van der Waals surface area contributed by atoms with Crippen LogP contribution in [0.1, 0.15) is 42.5 Å². The van der Waals surface area contributed by atoms with Crippen molar-refractivity contribution in [2.45, 2.75) is 38.1 Å². The molecule has 1 amide bonds. The van der Waals surface area contributed by atoms with Crippen LogP contribution >= 0.6 is 0 Å². The SMILES string of the molecule is COc1ccc(C(=O)Nc2ccc(-c3oc4ncnc(N(C)C5CCCCC5)c4c3-c3ccc(F)cc3)cc2)cc1. The summed E-state index contributed by atoms with van der Waals surface area (Å²) in [6.07, 6.45) is 7.43. The molecule has 1 aliphatic carbocycles. The van der Waals surface area contributed by atoms with E-state index in [2.05, 4.69) is 22.2 Å². The number of carbonyl (C=O) groups excluding carboxylic acids is 1. The van der Waals surface area contributed by atoms with Crippen molar-refractivity contribution in [1.29, 1.82) is 0 Å². The van der Waals surface area contributed by atoms with E-state index in [1.165, 1.54) is 37.7 Å². The molecule has 1 N–H and O–H groups in total. The van der Waals surface area contributed by atoms with E-state index < -0.39 is 0 Å². The van der Waals surface area contributed by atoms with E-state index in [1.54, 1.807) is 43.5 Å². The van der Waals surface area contributed by atoms with Gasteiger partial charge in [-0.3, -0.25) is 4.79 Å². The first kappa shape index (κ1) is 26.5. The third-order valence-electron chi connectivity index (χ3n) is 7.81. The normalized spacial score (nSPS) is 13.7. The average molecular weight is 551 g/mol. The highest BCUT2D eigenvalue weighted by molar-refractivity contribution is 6.07. The number of amides is 1. The predicted molar refractivity (Wildman–Crippen MR) is 159 cm³/mol. The Kier molecular flexibility index (Phi) is 7.37. The highest BCUT2D eigenvalue weighted by Gasteiger charge is 2.27. The fourth-order valence-electron chi connectivity index (χ4n) is 5.57. The van der Waals surface area contributed by atoms with Crippen LogP contribution in [0.3, 0.4) is 0 Å². The van der Waals surface area contributed by atoms with Crippen molar-refractivity contribution in [1.82, 2.24) is 9.97 Å². The average Bonchev–Trinajstić information content (AvgIpc) is 3.42. The maximum absolute atomic E-state index is 13.9. The maximum Gasteiger partial charge on any atom is 0.255 e. The van der Waals surface area contributed by atoms with Crippen molar-refractivity contribution in [3.8, 4) is 28.2 Å². The van der Waals surface area contributed by atoms with E-state index >= 15 is 0 Å². The molecule has 0 saturated heterocycles. The van der Waals surface area contributed by atoms with Crippen molar-refractivity contribution in [3.63, 3.8) is 0 Å². The Morgan fingerprint density at radius 3 is 2.29 bits per heavy atom. The molecule has 1 fully saturated rings. The van der Waals surface area contributed by atoms with Gasteiger partial charge in [-0.25, -0.2) is 14.4 Å². The lowest BCUT2D eigenvalue weighted by atomic mass is 9.94. The van der Waals surface area contributed by atoms with Crippen LogP contribution in [0.25, 0.3) is 33.6 Å². The molecule has 0 aliphatic heterocycles. The van der Waals surface area contributed by atoms with Gasteiger partial charge in [0.15, 0.2) is 0 Å². The number of nitrogens with one attached hydrogen (secondary N) is 1. The molecule has 6 rings (SSSR count). The summed E-state index contributed by atoms with van der Waals surface area (Å²) in [7, 11) is 3.67. The van der Waals surface area contributed by atoms with Gasteiger partial charge in [0.1, 0.15) is 29.5 Å². The first-order valence-electron chi connectivity index (χ1n) is 13.8. The molecule has 0 bridgehead atoms. The highest BCUT2D eigenvalue weighted by Crippen LogP contribution is 2.44. The van der Waals surface area contributed by atoms with E-state index in [0.717, 1.165) is 40.7 Å². The second-order valence-electron chi connectivity index (χ2n) is 10.4. The second-order valence-corrected chi connectivity index (χ2v) is 10.4. The summed E-state index contributed by atoms with van der Waals surface area (Å²) < 4.78 is 25.5. The molecule has 2 aromatic heterocycles. The molecule has 8 heteroatoms. The minimum atomic E-state index is -0.309. The molecule has 0 spiro atoms. The van der Waals surface area contributed by atoms with Crippen molar-refractivity contribution < 1.29 is 18.3 Å². The summed E-state index contributed by atoms with van der Waals surface area (Å²) in [5.41, 5.74) is 4.07. The minimum Gasteiger partial charge on any atom is -0.497 e. The monoisotopic (exact) mass is 550 g/mol. The van der Waals surface area contributed by atoms with Gasteiger partial charge in [0.05, 0.1) is 12.5 Å². The van der Waals surface area contributed by atoms with Crippen LogP contribution < -0.4 is 15.0 Å². The van der Waals surface area contributed by atoms with E-state index in [4.69, 9.17) is 14.1 Å². The van der Waals surface area contributed by atoms with Gasteiger partial charge in [0.25, 0.3) is 5.91 Å². The smallest absolute Gasteiger partial charge is 0.255 e. The van der Waals surface area contributed by atoms with Crippen molar-refractivity contribution >= 4 is 28.5 Å². The number of nitrogens with zero attached hydrogens (tertiary/aromatic N) is 3. The molecule has 7 nitrogen and oxygen atoms in total. The maximum atomic E-state index is 13.9. The topological polar surface area (TPSA) is 80.5 Å². The number of methoxy groups -OCH3 is 1. The number of carbonyl (C=O) groups is 1. The molecule has 0 unspecified atom stereocenters. The number of halogens is 1. The fraction of sp³-hybridized carbons (Fsp3) is 0.242.